The summed E-state index contributed by atoms with van der Waals surface area (Å²) >= 11 is 5.20. The minimum Gasteiger partial charge on any atom is -0.334 e. The molecule has 0 bridgehead atoms. The van der Waals surface area contributed by atoms with Gasteiger partial charge in [0.1, 0.15) is 11.5 Å². The molecule has 2 aromatic rings. The smallest absolute Gasteiger partial charge is 0.123 e. The number of thiophene rings is 1. The molecular weight excluding hydrogens is 286 g/mol. The topological polar surface area (TPSA) is 29.9 Å². The molecule has 0 amide bonds. The van der Waals surface area contributed by atoms with Gasteiger partial charge in [0.2, 0.25) is 0 Å². The molecule has 2 aromatic heterocycles. The largest absolute Gasteiger partial charge is 0.334 e. The fourth-order valence-electron chi connectivity index (χ4n) is 1.63. The quantitative estimate of drug-likeness (QED) is 0.944. The molecule has 3 nitrogen and oxygen atoms in total. The van der Waals surface area contributed by atoms with Gasteiger partial charge < -0.3 is 9.88 Å². The summed E-state index contributed by atoms with van der Waals surface area (Å²) in [5.74, 6) is 1.07. The van der Waals surface area contributed by atoms with Crippen molar-refractivity contribution >= 4 is 27.3 Å². The molecular formula is C11H14BrN3S. The Morgan fingerprint density at radius 3 is 2.81 bits per heavy atom. The highest BCUT2D eigenvalue weighted by Crippen LogP contribution is 2.32. The van der Waals surface area contributed by atoms with E-state index in [0.717, 1.165) is 21.8 Å². The fraction of sp³-hybridized carbons (Fsp3) is 0.364. The number of nitrogens with one attached hydrogen (secondary N) is 1. The highest BCUT2D eigenvalue weighted by atomic mass is 79.9. The van der Waals surface area contributed by atoms with Crippen LogP contribution in [0.25, 0.3) is 10.6 Å². The molecule has 5 heteroatoms. The summed E-state index contributed by atoms with van der Waals surface area (Å²) in [5, 5.41) is 3.13. The van der Waals surface area contributed by atoms with Crippen LogP contribution in [0.15, 0.2) is 15.9 Å². The molecule has 0 saturated carbocycles. The second-order valence-corrected chi connectivity index (χ2v) is 6.12. The van der Waals surface area contributed by atoms with E-state index < -0.39 is 0 Å². The summed E-state index contributed by atoms with van der Waals surface area (Å²) in [6.07, 6.45) is 0. The van der Waals surface area contributed by atoms with Crippen LogP contribution in [-0.2, 0) is 13.6 Å². The van der Waals surface area contributed by atoms with E-state index in [1.807, 2.05) is 7.05 Å². The molecule has 16 heavy (non-hydrogen) atoms. The molecule has 0 aliphatic heterocycles. The van der Waals surface area contributed by atoms with Gasteiger partial charge in [0, 0.05) is 12.7 Å². The Labute approximate surface area is 108 Å². The number of aromatic nitrogens is 2. The molecule has 2 heterocycles. The van der Waals surface area contributed by atoms with Gasteiger partial charge in [-0.05, 0) is 42.0 Å². The monoisotopic (exact) mass is 299 g/mol. The van der Waals surface area contributed by atoms with Gasteiger partial charge in [-0.25, -0.2) is 4.98 Å². The van der Waals surface area contributed by atoms with Gasteiger partial charge >= 0.3 is 0 Å². The van der Waals surface area contributed by atoms with Crippen molar-refractivity contribution in [3.05, 3.63) is 27.4 Å². The van der Waals surface area contributed by atoms with Crippen molar-refractivity contribution < 1.29 is 0 Å². The summed E-state index contributed by atoms with van der Waals surface area (Å²) in [7, 11) is 3.99. The van der Waals surface area contributed by atoms with E-state index in [1.165, 1.54) is 10.6 Å². The van der Waals surface area contributed by atoms with Gasteiger partial charge in [-0.15, -0.1) is 11.3 Å². The number of imidazole rings is 1. The van der Waals surface area contributed by atoms with E-state index in [9.17, 15) is 0 Å². The zero-order valence-electron chi connectivity index (χ0n) is 9.54. The Balaban J connectivity index is 2.45. The average molecular weight is 300 g/mol. The van der Waals surface area contributed by atoms with Crippen molar-refractivity contribution in [2.75, 3.05) is 7.05 Å². The molecule has 0 aliphatic rings. The Morgan fingerprint density at radius 1 is 1.50 bits per heavy atom. The third-order valence-electron chi connectivity index (χ3n) is 2.62. The lowest BCUT2D eigenvalue weighted by atomic mass is 10.3. The summed E-state index contributed by atoms with van der Waals surface area (Å²) in [6, 6.07) is 4.17. The number of hydrogen-bond donors (Lipinski definition) is 1. The number of halogens is 1. The van der Waals surface area contributed by atoms with Gasteiger partial charge in [-0.3, -0.25) is 0 Å². The van der Waals surface area contributed by atoms with Crippen molar-refractivity contribution in [1.29, 1.82) is 0 Å². The lowest BCUT2D eigenvalue weighted by Gasteiger charge is -2.00. The Hall–Kier alpha value is -0.650. The molecule has 0 radical (unpaired) electrons. The molecule has 0 atom stereocenters. The maximum Gasteiger partial charge on any atom is 0.123 e. The summed E-state index contributed by atoms with van der Waals surface area (Å²) in [6.45, 7) is 2.90. The second kappa shape index (κ2) is 4.69. The lowest BCUT2D eigenvalue weighted by Crippen LogP contribution is -2.10. The predicted octanol–water partition coefficient (Wildman–Crippen LogP) is 2.94. The maximum atomic E-state index is 4.67. The lowest BCUT2D eigenvalue weighted by molar-refractivity contribution is 0.701. The maximum absolute atomic E-state index is 4.67. The van der Waals surface area contributed by atoms with Crippen LogP contribution >= 0.6 is 27.3 Å². The van der Waals surface area contributed by atoms with Crippen LogP contribution in [-0.4, -0.2) is 16.6 Å². The van der Waals surface area contributed by atoms with Gasteiger partial charge in [0.05, 0.1) is 15.2 Å². The minimum atomic E-state index is 0.796. The highest BCUT2D eigenvalue weighted by molar-refractivity contribution is 9.11. The Kier molecular flexibility index (Phi) is 3.47. The van der Waals surface area contributed by atoms with Gasteiger partial charge in [0.15, 0.2) is 0 Å². The molecule has 0 saturated heterocycles. The van der Waals surface area contributed by atoms with E-state index in [2.05, 4.69) is 56.9 Å². The predicted molar refractivity (Wildman–Crippen MR) is 71.7 cm³/mol. The van der Waals surface area contributed by atoms with Crippen molar-refractivity contribution in [3.63, 3.8) is 0 Å². The Morgan fingerprint density at radius 2 is 2.25 bits per heavy atom. The molecule has 0 aliphatic carbocycles. The van der Waals surface area contributed by atoms with Crippen LogP contribution in [0.4, 0.5) is 0 Å². The SMILES string of the molecule is CNCc1nc(-c2ccc(Br)s2)c(C)n1C. The number of rotatable bonds is 3. The highest BCUT2D eigenvalue weighted by Gasteiger charge is 2.13. The van der Waals surface area contributed by atoms with Crippen LogP contribution in [0.2, 0.25) is 0 Å². The zero-order valence-corrected chi connectivity index (χ0v) is 11.9. The number of nitrogens with zero attached hydrogens (tertiary/aromatic N) is 2. The van der Waals surface area contributed by atoms with E-state index in [1.54, 1.807) is 11.3 Å². The van der Waals surface area contributed by atoms with E-state index in [0.29, 0.717) is 0 Å². The first-order valence-electron chi connectivity index (χ1n) is 5.06. The van der Waals surface area contributed by atoms with Crippen molar-refractivity contribution in [2.24, 2.45) is 7.05 Å². The normalized spacial score (nSPS) is 11.0. The first-order chi connectivity index (χ1) is 7.63. The second-order valence-electron chi connectivity index (χ2n) is 3.66. The molecule has 0 unspecified atom stereocenters. The fourth-order valence-corrected chi connectivity index (χ4v) is 3.06. The first-order valence-corrected chi connectivity index (χ1v) is 6.67. The van der Waals surface area contributed by atoms with E-state index in [4.69, 9.17) is 0 Å². The third kappa shape index (κ3) is 2.07. The molecule has 0 aromatic carbocycles. The van der Waals surface area contributed by atoms with Gasteiger partial charge in [-0.2, -0.15) is 0 Å². The standard InChI is InChI=1S/C11H14BrN3S/c1-7-11(8-4-5-9(12)16-8)14-10(6-13-2)15(7)3/h4-5,13H,6H2,1-3H3. The Bertz CT molecular complexity index is 501. The zero-order chi connectivity index (χ0) is 11.7. The molecule has 0 spiro atoms. The number of hydrogen-bond acceptors (Lipinski definition) is 3. The molecule has 2 rings (SSSR count). The van der Waals surface area contributed by atoms with Crippen molar-refractivity contribution in [2.45, 2.75) is 13.5 Å². The summed E-state index contributed by atoms with van der Waals surface area (Å²) in [5.41, 5.74) is 2.29. The molecule has 0 fully saturated rings. The summed E-state index contributed by atoms with van der Waals surface area (Å²) in [4.78, 5) is 5.88. The van der Waals surface area contributed by atoms with Gasteiger partial charge in [0.25, 0.3) is 0 Å². The van der Waals surface area contributed by atoms with Crippen LogP contribution in [0.5, 0.6) is 0 Å². The molecule has 86 valence electrons. The van der Waals surface area contributed by atoms with Crippen LogP contribution in [0.3, 0.4) is 0 Å². The van der Waals surface area contributed by atoms with Crippen LogP contribution < -0.4 is 5.32 Å². The average Bonchev–Trinajstić information content (AvgIpc) is 2.78. The summed E-state index contributed by atoms with van der Waals surface area (Å²) < 4.78 is 3.28. The van der Waals surface area contributed by atoms with E-state index >= 15 is 0 Å². The van der Waals surface area contributed by atoms with Crippen LogP contribution in [0, 0.1) is 6.92 Å². The van der Waals surface area contributed by atoms with E-state index in [-0.39, 0.29) is 0 Å². The van der Waals surface area contributed by atoms with Crippen LogP contribution in [0.1, 0.15) is 11.5 Å². The van der Waals surface area contributed by atoms with Crippen molar-refractivity contribution in [1.82, 2.24) is 14.9 Å². The third-order valence-corrected chi connectivity index (χ3v) is 4.25. The minimum absolute atomic E-state index is 0.796. The molecule has 1 N–H and O–H groups in total. The van der Waals surface area contributed by atoms with Gasteiger partial charge in [-0.1, -0.05) is 0 Å². The van der Waals surface area contributed by atoms with Crippen molar-refractivity contribution in [3.8, 4) is 10.6 Å². The first kappa shape index (κ1) is 11.8.